The molecule has 78 valence electrons. The van der Waals surface area contributed by atoms with Crippen LogP contribution in [0.3, 0.4) is 0 Å². The van der Waals surface area contributed by atoms with E-state index in [4.69, 9.17) is 0 Å². The van der Waals surface area contributed by atoms with Crippen molar-refractivity contribution in [1.29, 1.82) is 0 Å². The van der Waals surface area contributed by atoms with E-state index in [9.17, 15) is 5.11 Å². The van der Waals surface area contributed by atoms with Crippen LogP contribution in [-0.4, -0.2) is 14.7 Å². The minimum absolute atomic E-state index is 0.302. The lowest BCUT2D eigenvalue weighted by Gasteiger charge is -2.05. The molecule has 1 aromatic carbocycles. The predicted octanol–water partition coefficient (Wildman–Crippen LogP) is 2.16. The lowest BCUT2D eigenvalue weighted by molar-refractivity contribution is 0.471. The molecule has 2 N–H and O–H groups in total. The van der Waals surface area contributed by atoms with Gasteiger partial charge in [0.1, 0.15) is 5.75 Å². The topological polar surface area (TPSA) is 58.0 Å². The zero-order valence-electron chi connectivity index (χ0n) is 8.27. The van der Waals surface area contributed by atoms with Crippen molar-refractivity contribution >= 4 is 17.2 Å². The number of aromatic hydroxyl groups is 1. The summed E-state index contributed by atoms with van der Waals surface area (Å²) >= 11 is 1.33. The fraction of sp³-hybridized carbons (Fsp3) is 0.200. The molecule has 0 unspecified atom stereocenters. The fourth-order valence-electron chi connectivity index (χ4n) is 1.17. The Kier molecular flexibility index (Phi) is 2.82. The van der Waals surface area contributed by atoms with Crippen molar-refractivity contribution in [1.82, 2.24) is 9.59 Å². The first-order valence-electron chi connectivity index (χ1n) is 4.55. The maximum absolute atomic E-state index is 9.49. The number of nitrogens with one attached hydrogen (secondary N) is 1. The van der Waals surface area contributed by atoms with Crippen molar-refractivity contribution in [2.24, 2.45) is 0 Å². The summed E-state index contributed by atoms with van der Waals surface area (Å²) in [6.07, 6.45) is 0. The van der Waals surface area contributed by atoms with Crippen molar-refractivity contribution in [3.63, 3.8) is 0 Å². The van der Waals surface area contributed by atoms with E-state index in [1.807, 2.05) is 24.4 Å². The number of nitrogens with zero attached hydrogens (tertiary/aromatic N) is 2. The summed E-state index contributed by atoms with van der Waals surface area (Å²) in [5.41, 5.74) is 2.65. The molecule has 0 saturated carbocycles. The largest absolute Gasteiger partial charge is 0.508 e. The van der Waals surface area contributed by atoms with E-state index in [0.717, 1.165) is 16.9 Å². The van der Waals surface area contributed by atoms with Gasteiger partial charge in [0.25, 0.3) is 0 Å². The standard InChI is InChI=1S/C10H11N3OS/c1-7-2-3-8(4-10(7)14)11-5-9-6-15-13-12-9/h2-4,6,11,14H,5H2,1H3. The van der Waals surface area contributed by atoms with Crippen LogP contribution < -0.4 is 5.32 Å². The van der Waals surface area contributed by atoms with E-state index in [0.29, 0.717) is 12.3 Å². The summed E-state index contributed by atoms with van der Waals surface area (Å²) in [7, 11) is 0. The van der Waals surface area contributed by atoms with Gasteiger partial charge in [-0.2, -0.15) is 0 Å². The second-order valence-corrected chi connectivity index (χ2v) is 3.86. The average Bonchev–Trinajstić information content (AvgIpc) is 2.73. The summed E-state index contributed by atoms with van der Waals surface area (Å²) in [6.45, 7) is 2.49. The molecule has 0 spiro atoms. The highest BCUT2D eigenvalue weighted by molar-refractivity contribution is 7.03. The lowest BCUT2D eigenvalue weighted by Crippen LogP contribution is -1.99. The van der Waals surface area contributed by atoms with Gasteiger partial charge in [-0.1, -0.05) is 10.6 Å². The number of rotatable bonds is 3. The van der Waals surface area contributed by atoms with E-state index >= 15 is 0 Å². The van der Waals surface area contributed by atoms with Crippen molar-refractivity contribution in [2.45, 2.75) is 13.5 Å². The first-order valence-corrected chi connectivity index (χ1v) is 5.39. The molecule has 15 heavy (non-hydrogen) atoms. The second kappa shape index (κ2) is 4.27. The van der Waals surface area contributed by atoms with Gasteiger partial charge in [-0.15, -0.1) is 5.10 Å². The molecule has 0 atom stereocenters. The monoisotopic (exact) mass is 221 g/mol. The molecular weight excluding hydrogens is 210 g/mol. The van der Waals surface area contributed by atoms with Crippen LogP contribution in [0.25, 0.3) is 0 Å². The first-order chi connectivity index (χ1) is 7.25. The molecule has 0 bridgehead atoms. The molecule has 0 fully saturated rings. The summed E-state index contributed by atoms with van der Waals surface area (Å²) in [6, 6.07) is 5.50. The molecule has 0 aliphatic heterocycles. The van der Waals surface area contributed by atoms with E-state index in [1.165, 1.54) is 11.5 Å². The third kappa shape index (κ3) is 2.44. The van der Waals surface area contributed by atoms with Crippen molar-refractivity contribution in [2.75, 3.05) is 5.32 Å². The van der Waals surface area contributed by atoms with Gasteiger partial charge >= 0.3 is 0 Å². The van der Waals surface area contributed by atoms with Gasteiger partial charge in [0.2, 0.25) is 0 Å². The molecule has 2 rings (SSSR count). The number of anilines is 1. The predicted molar refractivity (Wildman–Crippen MR) is 60.1 cm³/mol. The number of aromatic nitrogens is 2. The Morgan fingerprint density at radius 2 is 2.33 bits per heavy atom. The van der Waals surface area contributed by atoms with Gasteiger partial charge in [0.15, 0.2) is 0 Å². The Morgan fingerprint density at radius 1 is 1.47 bits per heavy atom. The SMILES string of the molecule is Cc1ccc(NCc2csnn2)cc1O. The third-order valence-electron chi connectivity index (χ3n) is 2.09. The molecular formula is C10H11N3OS. The minimum atomic E-state index is 0.302. The Labute approximate surface area is 91.8 Å². The molecule has 0 amide bonds. The maximum atomic E-state index is 9.49. The van der Waals surface area contributed by atoms with Crippen LogP contribution >= 0.6 is 11.5 Å². The summed E-state index contributed by atoms with van der Waals surface area (Å²) in [5, 5.41) is 18.5. The van der Waals surface area contributed by atoms with Crippen LogP contribution in [-0.2, 0) is 6.54 Å². The molecule has 4 nitrogen and oxygen atoms in total. The van der Waals surface area contributed by atoms with Crippen LogP contribution in [0.15, 0.2) is 23.6 Å². The Bertz CT molecular complexity index is 442. The third-order valence-corrected chi connectivity index (χ3v) is 2.64. The van der Waals surface area contributed by atoms with Crippen LogP contribution in [0.5, 0.6) is 5.75 Å². The zero-order chi connectivity index (χ0) is 10.7. The second-order valence-electron chi connectivity index (χ2n) is 3.25. The summed E-state index contributed by atoms with van der Waals surface area (Å²) in [5.74, 6) is 0.302. The van der Waals surface area contributed by atoms with E-state index in [1.54, 1.807) is 6.07 Å². The highest BCUT2D eigenvalue weighted by atomic mass is 32.1. The van der Waals surface area contributed by atoms with Crippen molar-refractivity contribution < 1.29 is 5.11 Å². The van der Waals surface area contributed by atoms with Crippen molar-refractivity contribution in [3.8, 4) is 5.75 Å². The Balaban J connectivity index is 2.02. The van der Waals surface area contributed by atoms with Crippen molar-refractivity contribution in [3.05, 3.63) is 34.8 Å². The maximum Gasteiger partial charge on any atom is 0.120 e. The van der Waals surface area contributed by atoms with E-state index in [-0.39, 0.29) is 0 Å². The fourth-order valence-corrected chi connectivity index (χ4v) is 1.62. The van der Waals surface area contributed by atoms with Crippen LogP contribution in [0, 0.1) is 6.92 Å². The van der Waals surface area contributed by atoms with E-state index in [2.05, 4.69) is 14.9 Å². The van der Waals surface area contributed by atoms with E-state index < -0.39 is 0 Å². The first kappa shape index (κ1) is 9.92. The number of hydrogen-bond donors (Lipinski definition) is 2. The summed E-state index contributed by atoms with van der Waals surface area (Å²) < 4.78 is 3.77. The average molecular weight is 221 g/mol. The smallest absolute Gasteiger partial charge is 0.120 e. The molecule has 0 saturated heterocycles. The number of phenolic OH excluding ortho intramolecular Hbond substituents is 1. The van der Waals surface area contributed by atoms with Gasteiger partial charge in [-0.05, 0) is 30.1 Å². The molecule has 5 heteroatoms. The number of benzene rings is 1. The number of aryl methyl sites for hydroxylation is 1. The van der Waals surface area contributed by atoms with Gasteiger partial charge in [-0.3, -0.25) is 0 Å². The highest BCUT2D eigenvalue weighted by Crippen LogP contribution is 2.21. The molecule has 0 radical (unpaired) electrons. The lowest BCUT2D eigenvalue weighted by atomic mass is 10.2. The highest BCUT2D eigenvalue weighted by Gasteiger charge is 1.99. The molecule has 1 aromatic heterocycles. The molecule has 0 aliphatic carbocycles. The van der Waals surface area contributed by atoms with Crippen LogP contribution in [0.2, 0.25) is 0 Å². The molecule has 0 aliphatic rings. The normalized spacial score (nSPS) is 10.2. The van der Waals surface area contributed by atoms with Gasteiger partial charge in [0.05, 0.1) is 12.2 Å². The quantitative estimate of drug-likeness (QED) is 0.834. The number of hydrogen-bond acceptors (Lipinski definition) is 5. The summed E-state index contributed by atoms with van der Waals surface area (Å²) in [4.78, 5) is 0. The van der Waals surface area contributed by atoms with Gasteiger partial charge in [-0.25, -0.2) is 0 Å². The van der Waals surface area contributed by atoms with Crippen LogP contribution in [0.1, 0.15) is 11.3 Å². The van der Waals surface area contributed by atoms with Crippen LogP contribution in [0.4, 0.5) is 5.69 Å². The van der Waals surface area contributed by atoms with Gasteiger partial charge in [0, 0.05) is 17.1 Å². The Hall–Kier alpha value is -1.62. The number of phenols is 1. The molecule has 1 heterocycles. The minimum Gasteiger partial charge on any atom is -0.508 e. The van der Waals surface area contributed by atoms with Gasteiger partial charge < -0.3 is 10.4 Å². The molecule has 2 aromatic rings. The Morgan fingerprint density at radius 3 is 3.00 bits per heavy atom. The zero-order valence-corrected chi connectivity index (χ0v) is 9.08.